The molecule has 136 valence electrons. The minimum Gasteiger partial charge on any atom is -0.457 e. The van der Waals surface area contributed by atoms with E-state index in [1.165, 1.54) is 0 Å². The predicted molar refractivity (Wildman–Crippen MR) is 99.5 cm³/mol. The van der Waals surface area contributed by atoms with Crippen molar-refractivity contribution in [1.82, 2.24) is 15.1 Å². The molecule has 1 aliphatic heterocycles. The van der Waals surface area contributed by atoms with Crippen molar-refractivity contribution >= 4 is 11.9 Å². The maximum atomic E-state index is 12.8. The van der Waals surface area contributed by atoms with Crippen LogP contribution in [0.1, 0.15) is 17.3 Å². The molecule has 0 radical (unpaired) electrons. The maximum Gasteiger partial charge on any atom is 0.317 e. The third kappa shape index (κ3) is 4.33. The van der Waals surface area contributed by atoms with Crippen LogP contribution in [0, 0.1) is 0 Å². The van der Waals surface area contributed by atoms with Crippen LogP contribution in [0.2, 0.25) is 0 Å². The summed E-state index contributed by atoms with van der Waals surface area (Å²) in [5, 5.41) is 2.79. The van der Waals surface area contributed by atoms with Crippen LogP contribution in [0.5, 0.6) is 11.5 Å². The van der Waals surface area contributed by atoms with Crippen LogP contribution in [0.4, 0.5) is 4.79 Å². The molecule has 0 aliphatic carbocycles. The highest BCUT2D eigenvalue weighted by Gasteiger charge is 2.24. The lowest BCUT2D eigenvalue weighted by Crippen LogP contribution is -2.53. The highest BCUT2D eigenvalue weighted by molar-refractivity contribution is 5.94. The topological polar surface area (TPSA) is 61.9 Å². The number of hydrogen-bond donors (Lipinski definition) is 1. The Morgan fingerprint density at radius 3 is 2.27 bits per heavy atom. The van der Waals surface area contributed by atoms with E-state index in [9.17, 15) is 9.59 Å². The molecular weight excluding hydrogens is 330 g/mol. The number of nitrogens with zero attached hydrogens (tertiary/aromatic N) is 2. The number of para-hydroxylation sites is 1. The van der Waals surface area contributed by atoms with Gasteiger partial charge in [-0.1, -0.05) is 24.3 Å². The molecule has 0 bridgehead atoms. The Morgan fingerprint density at radius 2 is 1.58 bits per heavy atom. The van der Waals surface area contributed by atoms with Gasteiger partial charge in [0.05, 0.1) is 0 Å². The van der Waals surface area contributed by atoms with Crippen LogP contribution < -0.4 is 10.1 Å². The normalized spacial score (nSPS) is 14.0. The van der Waals surface area contributed by atoms with E-state index < -0.39 is 0 Å². The Hall–Kier alpha value is -3.02. The van der Waals surface area contributed by atoms with Crippen LogP contribution in [-0.4, -0.2) is 54.5 Å². The molecule has 3 amide bonds. The standard InChI is InChI=1S/C20H23N3O3/c1-2-21-20(25)23-13-11-22(12-14-23)19(24)16-7-6-10-18(15-16)26-17-8-4-3-5-9-17/h3-10,15H,2,11-14H2,1H3,(H,21,25). The first-order chi connectivity index (χ1) is 12.7. The fourth-order valence-corrected chi connectivity index (χ4v) is 2.88. The summed E-state index contributed by atoms with van der Waals surface area (Å²) < 4.78 is 5.80. The van der Waals surface area contributed by atoms with Crippen LogP contribution in [0.25, 0.3) is 0 Å². The van der Waals surface area contributed by atoms with Gasteiger partial charge in [0, 0.05) is 38.3 Å². The summed E-state index contributed by atoms with van der Waals surface area (Å²) in [6.07, 6.45) is 0. The van der Waals surface area contributed by atoms with E-state index >= 15 is 0 Å². The van der Waals surface area contributed by atoms with Gasteiger partial charge in [-0.05, 0) is 37.3 Å². The van der Waals surface area contributed by atoms with E-state index in [1.807, 2.05) is 49.4 Å². The lowest BCUT2D eigenvalue weighted by Gasteiger charge is -2.34. The molecule has 26 heavy (non-hydrogen) atoms. The van der Waals surface area contributed by atoms with Crippen molar-refractivity contribution in [1.29, 1.82) is 0 Å². The zero-order chi connectivity index (χ0) is 18.4. The summed E-state index contributed by atoms with van der Waals surface area (Å²) in [5.41, 5.74) is 0.588. The molecule has 0 saturated carbocycles. The van der Waals surface area contributed by atoms with Crippen molar-refractivity contribution in [2.75, 3.05) is 32.7 Å². The van der Waals surface area contributed by atoms with Crippen molar-refractivity contribution in [2.45, 2.75) is 6.92 Å². The molecule has 0 unspecified atom stereocenters. The summed E-state index contributed by atoms with van der Waals surface area (Å²) in [6.45, 7) is 4.63. The third-order valence-electron chi connectivity index (χ3n) is 4.24. The number of amides is 3. The van der Waals surface area contributed by atoms with Gasteiger partial charge in [0.1, 0.15) is 11.5 Å². The van der Waals surface area contributed by atoms with Crippen molar-refractivity contribution in [3.8, 4) is 11.5 Å². The molecule has 0 aromatic heterocycles. The molecule has 1 aliphatic rings. The number of piperazine rings is 1. The zero-order valence-electron chi connectivity index (χ0n) is 14.9. The lowest BCUT2D eigenvalue weighted by atomic mass is 10.1. The molecule has 2 aromatic rings. The SMILES string of the molecule is CCNC(=O)N1CCN(C(=O)c2cccc(Oc3ccccc3)c2)CC1. The minimum atomic E-state index is -0.0714. The number of urea groups is 1. The van der Waals surface area contributed by atoms with Crippen LogP contribution in [0.3, 0.4) is 0 Å². The third-order valence-corrected chi connectivity index (χ3v) is 4.24. The quantitative estimate of drug-likeness (QED) is 0.919. The van der Waals surface area contributed by atoms with Gasteiger partial charge in [0.25, 0.3) is 5.91 Å². The number of carbonyl (C=O) groups is 2. The number of ether oxygens (including phenoxy) is 1. The second-order valence-corrected chi connectivity index (χ2v) is 6.06. The molecule has 1 heterocycles. The zero-order valence-corrected chi connectivity index (χ0v) is 14.9. The van der Waals surface area contributed by atoms with Crippen LogP contribution >= 0.6 is 0 Å². The van der Waals surface area contributed by atoms with E-state index in [4.69, 9.17) is 4.74 Å². The van der Waals surface area contributed by atoms with Gasteiger partial charge >= 0.3 is 6.03 Å². The summed E-state index contributed by atoms with van der Waals surface area (Å²) in [6, 6.07) is 16.6. The highest BCUT2D eigenvalue weighted by atomic mass is 16.5. The smallest absolute Gasteiger partial charge is 0.317 e. The first-order valence-corrected chi connectivity index (χ1v) is 8.82. The van der Waals surface area contributed by atoms with Crippen LogP contribution in [0.15, 0.2) is 54.6 Å². The first-order valence-electron chi connectivity index (χ1n) is 8.82. The fraction of sp³-hybridized carbons (Fsp3) is 0.300. The second kappa shape index (κ2) is 8.38. The molecule has 1 fully saturated rings. The number of carbonyl (C=O) groups excluding carboxylic acids is 2. The number of hydrogen-bond acceptors (Lipinski definition) is 3. The highest BCUT2D eigenvalue weighted by Crippen LogP contribution is 2.22. The molecular formula is C20H23N3O3. The Bertz CT molecular complexity index is 756. The average molecular weight is 353 g/mol. The van der Waals surface area contributed by atoms with Crippen molar-refractivity contribution in [2.24, 2.45) is 0 Å². The molecule has 6 heteroatoms. The molecule has 2 aromatic carbocycles. The summed E-state index contributed by atoms with van der Waals surface area (Å²) >= 11 is 0. The van der Waals surface area contributed by atoms with Crippen LogP contribution in [-0.2, 0) is 0 Å². The van der Waals surface area contributed by atoms with E-state index in [0.29, 0.717) is 44.0 Å². The monoisotopic (exact) mass is 353 g/mol. The maximum absolute atomic E-state index is 12.8. The van der Waals surface area contributed by atoms with E-state index in [1.54, 1.807) is 21.9 Å². The van der Waals surface area contributed by atoms with E-state index in [-0.39, 0.29) is 11.9 Å². The summed E-state index contributed by atoms with van der Waals surface area (Å²) in [7, 11) is 0. The Labute approximate surface area is 153 Å². The van der Waals surface area contributed by atoms with Gasteiger partial charge in [0.15, 0.2) is 0 Å². The predicted octanol–water partition coefficient (Wildman–Crippen LogP) is 2.97. The summed E-state index contributed by atoms with van der Waals surface area (Å²) in [4.78, 5) is 28.1. The van der Waals surface area contributed by atoms with Crippen molar-refractivity contribution in [3.05, 3.63) is 60.2 Å². The number of benzene rings is 2. The fourth-order valence-electron chi connectivity index (χ4n) is 2.88. The van der Waals surface area contributed by atoms with E-state index in [0.717, 1.165) is 5.75 Å². The Morgan fingerprint density at radius 1 is 0.923 bits per heavy atom. The summed E-state index contributed by atoms with van der Waals surface area (Å²) in [5.74, 6) is 1.31. The van der Waals surface area contributed by atoms with Crippen molar-refractivity contribution in [3.63, 3.8) is 0 Å². The first kappa shape index (κ1) is 17.8. The Balaban J connectivity index is 1.62. The van der Waals surface area contributed by atoms with Gasteiger partial charge in [-0.15, -0.1) is 0 Å². The number of nitrogens with one attached hydrogen (secondary N) is 1. The van der Waals surface area contributed by atoms with Gasteiger partial charge in [-0.2, -0.15) is 0 Å². The molecule has 3 rings (SSSR count). The Kier molecular flexibility index (Phi) is 5.73. The molecule has 6 nitrogen and oxygen atoms in total. The molecule has 0 spiro atoms. The minimum absolute atomic E-state index is 0.0425. The average Bonchev–Trinajstić information content (AvgIpc) is 2.69. The largest absolute Gasteiger partial charge is 0.457 e. The van der Waals surface area contributed by atoms with Gasteiger partial charge in [0.2, 0.25) is 0 Å². The van der Waals surface area contributed by atoms with Gasteiger partial charge < -0.3 is 19.9 Å². The number of rotatable bonds is 4. The van der Waals surface area contributed by atoms with Gasteiger partial charge in [-0.25, -0.2) is 4.79 Å². The van der Waals surface area contributed by atoms with Gasteiger partial charge in [-0.3, -0.25) is 4.79 Å². The second-order valence-electron chi connectivity index (χ2n) is 6.06. The molecule has 0 atom stereocenters. The lowest BCUT2D eigenvalue weighted by molar-refractivity contribution is 0.0665. The van der Waals surface area contributed by atoms with Crippen molar-refractivity contribution < 1.29 is 14.3 Å². The molecule has 1 saturated heterocycles. The van der Waals surface area contributed by atoms with E-state index in [2.05, 4.69) is 5.32 Å². The molecule has 1 N–H and O–H groups in total.